The van der Waals surface area contributed by atoms with Crippen molar-refractivity contribution in [2.75, 3.05) is 0 Å². The number of aliphatic imine (C=N–C) groups is 4. The predicted molar refractivity (Wildman–Crippen MR) is 114 cm³/mol. The van der Waals surface area contributed by atoms with Gasteiger partial charge in [0.2, 0.25) is 0 Å². The van der Waals surface area contributed by atoms with E-state index in [1.54, 1.807) is 0 Å². The Balaban J connectivity index is 1.65. The molecule has 5 heteroatoms. The smallest absolute Gasteiger partial charge is 0.0809 e. The highest BCUT2D eigenvalue weighted by atomic mass is 16.3. The topological polar surface area (TPSA) is 69.7 Å². The van der Waals surface area contributed by atoms with Crippen LogP contribution in [0.1, 0.15) is 13.3 Å². The zero-order chi connectivity index (χ0) is 19.1. The molecule has 5 rings (SSSR count). The number of allylic oxidation sites excluding steroid dienone is 11. The summed E-state index contributed by atoms with van der Waals surface area (Å²) in [5.74, 6) is 0. The van der Waals surface area contributed by atoms with Crippen molar-refractivity contribution in [2.45, 2.75) is 19.4 Å². The van der Waals surface area contributed by atoms with Crippen molar-refractivity contribution in [3.05, 3.63) is 95.2 Å². The fourth-order valence-electron chi connectivity index (χ4n) is 3.41. The lowest BCUT2D eigenvalue weighted by molar-refractivity contribution is 0.213. The Bertz CT molecular complexity index is 1140. The summed E-state index contributed by atoms with van der Waals surface area (Å²) in [7, 11) is 0. The monoisotopic (exact) mass is 366 g/mol. The van der Waals surface area contributed by atoms with Gasteiger partial charge in [0.25, 0.3) is 0 Å². The van der Waals surface area contributed by atoms with Crippen LogP contribution in [0.2, 0.25) is 0 Å². The van der Waals surface area contributed by atoms with Gasteiger partial charge in [-0.05, 0) is 73.3 Å². The SMILES string of the molecule is CCC(O)C1=CC2=CC3=NC(=CC4=NC(=CC5=NC(=CC1=N2)C=C5)C=C4)C=C3. The van der Waals surface area contributed by atoms with Gasteiger partial charge in [0.15, 0.2) is 0 Å². The zero-order valence-corrected chi connectivity index (χ0v) is 15.4. The molecule has 5 heterocycles. The zero-order valence-electron chi connectivity index (χ0n) is 15.4. The fraction of sp³-hybridized carbons (Fsp3) is 0.130. The Morgan fingerprint density at radius 2 is 1.14 bits per heavy atom. The molecule has 0 amide bonds. The first-order chi connectivity index (χ1) is 13.7. The molecule has 8 bridgehead atoms. The van der Waals surface area contributed by atoms with Gasteiger partial charge in [-0.2, -0.15) is 0 Å². The first kappa shape index (κ1) is 16.7. The first-order valence-corrected chi connectivity index (χ1v) is 9.32. The van der Waals surface area contributed by atoms with E-state index in [0.717, 1.165) is 51.2 Å². The minimum Gasteiger partial charge on any atom is -0.388 e. The van der Waals surface area contributed by atoms with E-state index in [1.807, 2.05) is 73.8 Å². The van der Waals surface area contributed by atoms with Gasteiger partial charge in [-0.1, -0.05) is 6.92 Å². The molecule has 0 aromatic rings. The summed E-state index contributed by atoms with van der Waals surface area (Å²) in [4.78, 5) is 18.6. The second-order valence-corrected chi connectivity index (χ2v) is 6.91. The van der Waals surface area contributed by atoms with Gasteiger partial charge in [0, 0.05) is 5.57 Å². The molecule has 0 saturated heterocycles. The highest BCUT2D eigenvalue weighted by molar-refractivity contribution is 6.16. The molecule has 0 aromatic heterocycles. The van der Waals surface area contributed by atoms with Crippen LogP contribution in [0, 0.1) is 0 Å². The molecule has 1 N–H and O–H groups in total. The molecule has 0 radical (unpaired) electrons. The third-order valence-electron chi connectivity index (χ3n) is 4.82. The van der Waals surface area contributed by atoms with Crippen molar-refractivity contribution in [1.82, 2.24) is 0 Å². The minimum absolute atomic E-state index is 0.563. The van der Waals surface area contributed by atoms with Gasteiger partial charge in [0.1, 0.15) is 0 Å². The van der Waals surface area contributed by atoms with E-state index in [2.05, 4.69) is 15.0 Å². The van der Waals surface area contributed by atoms with Gasteiger partial charge in [-0.25, -0.2) is 20.0 Å². The molecule has 0 spiro atoms. The van der Waals surface area contributed by atoms with E-state index in [0.29, 0.717) is 6.42 Å². The number of hydrogen-bond donors (Lipinski definition) is 1. The van der Waals surface area contributed by atoms with Crippen LogP contribution >= 0.6 is 0 Å². The maximum absolute atomic E-state index is 10.4. The van der Waals surface area contributed by atoms with E-state index in [-0.39, 0.29) is 0 Å². The molecule has 1 unspecified atom stereocenters. The molecule has 0 aliphatic carbocycles. The first-order valence-electron chi connectivity index (χ1n) is 9.32. The largest absolute Gasteiger partial charge is 0.388 e. The van der Waals surface area contributed by atoms with Crippen LogP contribution in [0.4, 0.5) is 0 Å². The molecule has 5 nitrogen and oxygen atoms in total. The molecule has 0 aromatic carbocycles. The van der Waals surface area contributed by atoms with E-state index in [1.165, 1.54) is 0 Å². The number of aliphatic hydroxyl groups excluding tert-OH is 1. The minimum atomic E-state index is -0.563. The molecule has 1 atom stereocenters. The Morgan fingerprint density at radius 1 is 0.643 bits per heavy atom. The number of rotatable bonds is 2. The second-order valence-electron chi connectivity index (χ2n) is 6.91. The lowest BCUT2D eigenvalue weighted by Crippen LogP contribution is -2.14. The number of fused-ring (bicyclic) bond motifs is 4. The quantitative estimate of drug-likeness (QED) is 0.795. The maximum atomic E-state index is 10.4. The van der Waals surface area contributed by atoms with Crippen molar-refractivity contribution in [1.29, 1.82) is 0 Å². The molecule has 5 aliphatic rings. The molecule has 28 heavy (non-hydrogen) atoms. The van der Waals surface area contributed by atoms with Crippen LogP contribution in [0.3, 0.4) is 0 Å². The molecule has 136 valence electrons. The van der Waals surface area contributed by atoms with Crippen LogP contribution in [0.5, 0.6) is 0 Å². The van der Waals surface area contributed by atoms with Crippen LogP contribution < -0.4 is 0 Å². The third-order valence-corrected chi connectivity index (χ3v) is 4.82. The summed E-state index contributed by atoms with van der Waals surface area (Å²) < 4.78 is 0. The van der Waals surface area contributed by atoms with Crippen LogP contribution in [0.25, 0.3) is 0 Å². The van der Waals surface area contributed by atoms with E-state index >= 15 is 0 Å². The number of hydrogen-bond acceptors (Lipinski definition) is 5. The predicted octanol–water partition coefficient (Wildman–Crippen LogP) is 3.72. The van der Waals surface area contributed by atoms with E-state index in [9.17, 15) is 5.11 Å². The Labute approximate surface area is 163 Å². The van der Waals surface area contributed by atoms with Crippen molar-refractivity contribution < 1.29 is 5.11 Å². The highest BCUT2D eigenvalue weighted by Gasteiger charge is 2.21. The van der Waals surface area contributed by atoms with Gasteiger partial charge in [-0.15, -0.1) is 0 Å². The van der Waals surface area contributed by atoms with Gasteiger partial charge in [0.05, 0.1) is 51.7 Å². The molecular weight excluding hydrogens is 348 g/mol. The normalized spacial score (nSPS) is 22.7. The van der Waals surface area contributed by atoms with Crippen LogP contribution in [-0.4, -0.2) is 34.1 Å². The van der Waals surface area contributed by atoms with Crippen molar-refractivity contribution in [3.8, 4) is 0 Å². The van der Waals surface area contributed by atoms with Crippen molar-refractivity contribution in [2.24, 2.45) is 20.0 Å². The lowest BCUT2D eigenvalue weighted by atomic mass is 10.0. The summed E-state index contributed by atoms with van der Waals surface area (Å²) >= 11 is 0. The average molecular weight is 366 g/mol. The molecule has 0 fully saturated rings. The summed E-state index contributed by atoms with van der Waals surface area (Å²) in [5, 5.41) is 10.4. The van der Waals surface area contributed by atoms with Gasteiger partial charge in [-0.3, -0.25) is 0 Å². The Hall–Kier alpha value is -3.44. The standard InChI is InChI=1S/C23H18N4O/c1-2-23(28)21-12-20-11-18-6-5-16(25-18)9-14-3-4-15(24-14)10-17-7-8-19(26-17)13-22(21)27-20/h3-13,23,28H,2H2,1H3. The van der Waals surface area contributed by atoms with E-state index < -0.39 is 6.10 Å². The summed E-state index contributed by atoms with van der Waals surface area (Å²) in [6.45, 7) is 1.95. The molecule has 0 saturated carbocycles. The number of nitrogens with zero attached hydrogens (tertiary/aromatic N) is 4. The van der Waals surface area contributed by atoms with Gasteiger partial charge >= 0.3 is 0 Å². The van der Waals surface area contributed by atoms with E-state index in [4.69, 9.17) is 4.99 Å². The Morgan fingerprint density at radius 3 is 1.68 bits per heavy atom. The molecular formula is C23H18N4O. The van der Waals surface area contributed by atoms with Crippen molar-refractivity contribution in [3.63, 3.8) is 0 Å². The summed E-state index contributed by atoms with van der Waals surface area (Å²) in [6.07, 6.45) is 21.5. The summed E-state index contributed by atoms with van der Waals surface area (Å²) in [6, 6.07) is 0. The average Bonchev–Trinajstić information content (AvgIpc) is 3.45. The van der Waals surface area contributed by atoms with Crippen LogP contribution in [0.15, 0.2) is 115 Å². The van der Waals surface area contributed by atoms with Crippen LogP contribution in [-0.2, 0) is 0 Å². The summed E-state index contributed by atoms with van der Waals surface area (Å²) in [5.41, 5.74) is 7.37. The highest BCUT2D eigenvalue weighted by Crippen LogP contribution is 2.25. The molecule has 5 aliphatic heterocycles. The Kier molecular flexibility index (Phi) is 3.95. The second kappa shape index (κ2) is 6.62. The van der Waals surface area contributed by atoms with Gasteiger partial charge < -0.3 is 5.11 Å². The van der Waals surface area contributed by atoms with Crippen molar-refractivity contribution >= 4 is 22.8 Å². The lowest BCUT2D eigenvalue weighted by Gasteiger charge is -2.09. The number of aliphatic hydroxyl groups is 1. The third kappa shape index (κ3) is 3.17. The fourth-order valence-corrected chi connectivity index (χ4v) is 3.41. The maximum Gasteiger partial charge on any atom is 0.0809 e.